The molecule has 1 heteroatoms. The smallest absolute Gasteiger partial charge is 0.0719 e. The SMILES string of the molecule is C1=CC2=C(CC1)C1(c3ccccc3C3(c4ccccc4-c4ccccc43)c3ccccc31)c1ccc3c([nH]c4ccccc43)c12. The molecular weight excluding hydrogens is 542 g/mol. The van der Waals surface area contributed by atoms with Crippen LogP contribution in [0.3, 0.4) is 0 Å². The summed E-state index contributed by atoms with van der Waals surface area (Å²) in [6, 6.07) is 50.7. The maximum atomic E-state index is 3.89. The van der Waals surface area contributed by atoms with Crippen molar-refractivity contribution in [3.05, 3.63) is 196 Å². The fraction of sp³-hybridized carbons (Fsp3) is 0.0909. The van der Waals surface area contributed by atoms with Crippen molar-refractivity contribution in [2.45, 2.75) is 23.7 Å². The molecular formula is C44H29N. The Labute approximate surface area is 262 Å². The third kappa shape index (κ3) is 2.58. The van der Waals surface area contributed by atoms with Crippen LogP contribution >= 0.6 is 0 Å². The minimum absolute atomic E-state index is 0.369. The molecule has 0 radical (unpaired) electrons. The van der Waals surface area contributed by atoms with Crippen LogP contribution in [0.5, 0.6) is 0 Å². The highest BCUT2D eigenvalue weighted by Crippen LogP contribution is 2.68. The summed E-state index contributed by atoms with van der Waals surface area (Å²) >= 11 is 0. The minimum atomic E-state index is -0.384. The summed E-state index contributed by atoms with van der Waals surface area (Å²) in [6.45, 7) is 0. The standard InChI is InChI=1S/C44H29N/c1-5-17-32-27(13-1)28-14-2-6-18-33(28)43(32)35-20-8-10-22-37(35)44(38-23-11-9-21-36(38)43)34-19-7-3-16-31(34)41-39(44)26-25-30-29-15-4-12-24-40(29)45-42(30)41/h1-6,8-18,20-26,45H,7,19H2. The molecule has 4 aliphatic rings. The van der Waals surface area contributed by atoms with Gasteiger partial charge in [0.2, 0.25) is 0 Å². The summed E-state index contributed by atoms with van der Waals surface area (Å²) in [5.74, 6) is 0. The molecule has 1 heterocycles. The zero-order chi connectivity index (χ0) is 29.3. The van der Waals surface area contributed by atoms with Crippen LogP contribution in [0.25, 0.3) is 38.5 Å². The van der Waals surface area contributed by atoms with E-state index >= 15 is 0 Å². The van der Waals surface area contributed by atoms with E-state index in [9.17, 15) is 0 Å². The second kappa shape index (κ2) is 8.20. The number of benzene rings is 6. The van der Waals surface area contributed by atoms with Gasteiger partial charge in [0, 0.05) is 21.9 Å². The Hall–Kier alpha value is -5.40. The number of aromatic nitrogens is 1. The van der Waals surface area contributed by atoms with E-state index < -0.39 is 0 Å². The van der Waals surface area contributed by atoms with Crippen LogP contribution in [0.15, 0.2) is 151 Å². The third-order valence-corrected chi connectivity index (χ3v) is 11.4. The van der Waals surface area contributed by atoms with E-state index in [1.165, 1.54) is 83.0 Å². The molecule has 1 aromatic heterocycles. The van der Waals surface area contributed by atoms with Gasteiger partial charge in [-0.05, 0) is 80.1 Å². The van der Waals surface area contributed by atoms with E-state index in [1.807, 2.05) is 0 Å². The van der Waals surface area contributed by atoms with Crippen LogP contribution in [0.1, 0.15) is 57.3 Å². The van der Waals surface area contributed by atoms with Gasteiger partial charge < -0.3 is 4.98 Å². The van der Waals surface area contributed by atoms with E-state index in [4.69, 9.17) is 0 Å². The van der Waals surface area contributed by atoms with Crippen LogP contribution in [0.4, 0.5) is 0 Å². The first kappa shape index (κ1) is 24.0. The summed E-state index contributed by atoms with van der Waals surface area (Å²) < 4.78 is 0. The number of fused-ring (bicyclic) bond motifs is 19. The number of nitrogens with one attached hydrogen (secondary N) is 1. The van der Waals surface area contributed by atoms with Gasteiger partial charge in [-0.2, -0.15) is 0 Å². The fourth-order valence-electron chi connectivity index (χ4n) is 9.96. The Bertz CT molecular complexity index is 2400. The molecule has 11 rings (SSSR count). The Morgan fingerprint density at radius 1 is 0.467 bits per heavy atom. The van der Waals surface area contributed by atoms with Gasteiger partial charge in [-0.15, -0.1) is 0 Å². The molecule has 7 aromatic rings. The van der Waals surface area contributed by atoms with Gasteiger partial charge in [-0.3, -0.25) is 0 Å². The third-order valence-electron chi connectivity index (χ3n) is 11.4. The molecule has 0 aliphatic heterocycles. The maximum absolute atomic E-state index is 3.89. The van der Waals surface area contributed by atoms with E-state index in [0.717, 1.165) is 12.8 Å². The maximum Gasteiger partial charge on any atom is 0.0719 e. The lowest BCUT2D eigenvalue weighted by atomic mass is 9.51. The van der Waals surface area contributed by atoms with Crippen LogP contribution < -0.4 is 0 Å². The van der Waals surface area contributed by atoms with Crippen LogP contribution in [0.2, 0.25) is 0 Å². The molecule has 0 amide bonds. The van der Waals surface area contributed by atoms with Crippen molar-refractivity contribution in [1.82, 2.24) is 4.98 Å². The predicted octanol–water partition coefficient (Wildman–Crippen LogP) is 10.4. The Balaban J connectivity index is 1.35. The molecule has 0 bridgehead atoms. The minimum Gasteiger partial charge on any atom is -0.354 e. The molecule has 4 aliphatic carbocycles. The zero-order valence-corrected chi connectivity index (χ0v) is 24.8. The van der Waals surface area contributed by atoms with Gasteiger partial charge in [0.05, 0.1) is 16.3 Å². The Kier molecular flexibility index (Phi) is 4.37. The Morgan fingerprint density at radius 2 is 1.02 bits per heavy atom. The van der Waals surface area contributed by atoms with Gasteiger partial charge in [-0.25, -0.2) is 0 Å². The summed E-state index contributed by atoms with van der Waals surface area (Å²) in [6.07, 6.45) is 6.92. The summed E-state index contributed by atoms with van der Waals surface area (Å²) in [7, 11) is 0. The lowest BCUT2D eigenvalue weighted by Crippen LogP contribution is -2.44. The highest BCUT2D eigenvalue weighted by atomic mass is 14.7. The normalized spacial score (nSPS) is 17.3. The monoisotopic (exact) mass is 571 g/mol. The van der Waals surface area contributed by atoms with Crippen LogP contribution in [0, 0.1) is 0 Å². The molecule has 0 fully saturated rings. The number of aromatic amines is 1. The van der Waals surface area contributed by atoms with Gasteiger partial charge in [0.25, 0.3) is 0 Å². The second-order valence-corrected chi connectivity index (χ2v) is 13.1. The molecule has 0 saturated carbocycles. The van der Waals surface area contributed by atoms with Crippen molar-refractivity contribution in [3.8, 4) is 11.1 Å². The number of allylic oxidation sites excluding steroid dienone is 4. The van der Waals surface area contributed by atoms with Crippen molar-refractivity contribution in [2.24, 2.45) is 0 Å². The number of H-pyrrole nitrogens is 1. The summed E-state index contributed by atoms with van der Waals surface area (Å²) in [4.78, 5) is 3.89. The molecule has 2 spiro atoms. The molecule has 0 unspecified atom stereocenters. The molecule has 210 valence electrons. The number of hydrogen-bond acceptors (Lipinski definition) is 0. The molecule has 1 N–H and O–H groups in total. The molecule has 0 atom stereocenters. The average Bonchev–Trinajstić information content (AvgIpc) is 3.73. The summed E-state index contributed by atoms with van der Waals surface area (Å²) in [5, 5.41) is 2.60. The van der Waals surface area contributed by atoms with Crippen LogP contribution in [-0.2, 0) is 10.8 Å². The molecule has 1 nitrogen and oxygen atoms in total. The molecule has 0 saturated heterocycles. The lowest BCUT2D eigenvalue weighted by molar-refractivity contribution is 0.606. The fourth-order valence-corrected chi connectivity index (χ4v) is 9.96. The number of hydrogen-bond donors (Lipinski definition) is 1. The number of para-hydroxylation sites is 1. The van der Waals surface area contributed by atoms with Gasteiger partial charge in [0.1, 0.15) is 0 Å². The van der Waals surface area contributed by atoms with Gasteiger partial charge in [0.15, 0.2) is 0 Å². The number of rotatable bonds is 0. The van der Waals surface area contributed by atoms with Crippen molar-refractivity contribution in [2.75, 3.05) is 0 Å². The average molecular weight is 572 g/mol. The predicted molar refractivity (Wildman–Crippen MR) is 185 cm³/mol. The van der Waals surface area contributed by atoms with Gasteiger partial charge in [-0.1, -0.05) is 140 Å². The quantitative estimate of drug-likeness (QED) is 0.186. The van der Waals surface area contributed by atoms with Crippen molar-refractivity contribution >= 4 is 27.4 Å². The van der Waals surface area contributed by atoms with Gasteiger partial charge >= 0.3 is 0 Å². The first-order valence-corrected chi connectivity index (χ1v) is 16.2. The second-order valence-electron chi connectivity index (χ2n) is 13.1. The highest BCUT2D eigenvalue weighted by Gasteiger charge is 2.59. The lowest BCUT2D eigenvalue weighted by Gasteiger charge is -2.49. The topological polar surface area (TPSA) is 15.8 Å². The largest absolute Gasteiger partial charge is 0.354 e. The molecule has 6 aromatic carbocycles. The van der Waals surface area contributed by atoms with E-state index in [-0.39, 0.29) is 10.8 Å². The highest BCUT2D eigenvalue weighted by molar-refractivity contribution is 6.13. The van der Waals surface area contributed by atoms with Crippen LogP contribution in [-0.4, -0.2) is 4.98 Å². The first-order chi connectivity index (χ1) is 22.3. The van der Waals surface area contributed by atoms with E-state index in [0.29, 0.717) is 0 Å². The van der Waals surface area contributed by atoms with Crippen molar-refractivity contribution < 1.29 is 0 Å². The molecule has 45 heavy (non-hydrogen) atoms. The first-order valence-electron chi connectivity index (χ1n) is 16.2. The zero-order valence-electron chi connectivity index (χ0n) is 24.8. The summed E-state index contributed by atoms with van der Waals surface area (Å²) in [5.41, 5.74) is 18.6. The van der Waals surface area contributed by atoms with E-state index in [1.54, 1.807) is 5.57 Å². The van der Waals surface area contributed by atoms with Crippen molar-refractivity contribution in [1.29, 1.82) is 0 Å². The van der Waals surface area contributed by atoms with Crippen molar-refractivity contribution in [3.63, 3.8) is 0 Å². The Morgan fingerprint density at radius 3 is 1.69 bits per heavy atom. The van der Waals surface area contributed by atoms with E-state index in [2.05, 4.69) is 151 Å².